The van der Waals surface area contributed by atoms with Crippen LogP contribution in [0.15, 0.2) is 12.1 Å². The van der Waals surface area contributed by atoms with Gasteiger partial charge in [-0.1, -0.05) is 6.07 Å². The number of halogens is 2. The Balaban J connectivity index is 1.98. The van der Waals surface area contributed by atoms with Crippen molar-refractivity contribution in [1.82, 2.24) is 0 Å². The summed E-state index contributed by atoms with van der Waals surface area (Å²) in [5.41, 5.74) is 0.0589. The van der Waals surface area contributed by atoms with E-state index in [9.17, 15) is 13.6 Å². The number of hydrogen-bond acceptors (Lipinski definition) is 2. The summed E-state index contributed by atoms with van der Waals surface area (Å²) in [6.45, 7) is 2.20. The normalized spacial score (nSPS) is 19.4. The first-order valence-electron chi connectivity index (χ1n) is 6.69. The molecule has 19 heavy (non-hydrogen) atoms. The highest BCUT2D eigenvalue weighted by molar-refractivity contribution is 5.96. The van der Waals surface area contributed by atoms with Crippen molar-refractivity contribution in [2.75, 3.05) is 6.61 Å². The summed E-state index contributed by atoms with van der Waals surface area (Å²) in [6, 6.07) is 2.79. The van der Waals surface area contributed by atoms with Gasteiger partial charge in [0.05, 0.1) is 11.7 Å². The number of aryl methyl sites for hydroxylation is 1. The molecule has 0 spiro atoms. The summed E-state index contributed by atoms with van der Waals surface area (Å²) in [5, 5.41) is 0. The van der Waals surface area contributed by atoms with Crippen LogP contribution in [0.25, 0.3) is 0 Å². The fourth-order valence-corrected chi connectivity index (χ4v) is 2.32. The first-order chi connectivity index (χ1) is 9.09. The van der Waals surface area contributed by atoms with E-state index in [1.54, 1.807) is 0 Å². The predicted octanol–water partition coefficient (Wildman–Crippen LogP) is 3.81. The number of ether oxygens (including phenoxy) is 1. The Morgan fingerprint density at radius 1 is 1.32 bits per heavy atom. The van der Waals surface area contributed by atoms with Gasteiger partial charge in [0.15, 0.2) is 17.4 Å². The predicted molar refractivity (Wildman–Crippen MR) is 68.3 cm³/mol. The Labute approximate surface area is 111 Å². The maximum atomic E-state index is 13.7. The van der Waals surface area contributed by atoms with E-state index in [2.05, 4.69) is 0 Å². The van der Waals surface area contributed by atoms with Gasteiger partial charge in [0.1, 0.15) is 0 Å². The van der Waals surface area contributed by atoms with E-state index in [1.165, 1.54) is 19.1 Å². The lowest BCUT2D eigenvalue weighted by Gasteiger charge is -2.22. The number of rotatable bonds is 4. The number of carbonyl (C=O) groups excluding carboxylic acids is 1. The Morgan fingerprint density at radius 3 is 2.79 bits per heavy atom. The summed E-state index contributed by atoms with van der Waals surface area (Å²) in [4.78, 5) is 11.9. The molecule has 1 fully saturated rings. The molecular weight excluding hydrogens is 250 g/mol. The van der Waals surface area contributed by atoms with Crippen molar-refractivity contribution in [3.8, 4) is 0 Å². The first kappa shape index (κ1) is 14.1. The quantitative estimate of drug-likeness (QED) is 0.776. The van der Waals surface area contributed by atoms with E-state index in [1.807, 2.05) is 0 Å². The third-order valence-corrected chi connectivity index (χ3v) is 3.54. The lowest BCUT2D eigenvalue weighted by atomic mass is 9.99. The molecule has 1 aliphatic rings. The Kier molecular flexibility index (Phi) is 4.64. The van der Waals surface area contributed by atoms with Crippen LogP contribution >= 0.6 is 0 Å². The van der Waals surface area contributed by atoms with E-state index in [0.29, 0.717) is 6.42 Å². The summed E-state index contributed by atoms with van der Waals surface area (Å²) in [5.74, 6) is -2.32. The third-order valence-electron chi connectivity index (χ3n) is 3.54. The third kappa shape index (κ3) is 3.38. The molecule has 0 saturated carbocycles. The lowest BCUT2D eigenvalue weighted by Crippen LogP contribution is -2.20. The van der Waals surface area contributed by atoms with Gasteiger partial charge in [0.25, 0.3) is 0 Å². The highest BCUT2D eigenvalue weighted by Gasteiger charge is 2.20. The van der Waals surface area contributed by atoms with Crippen molar-refractivity contribution in [3.63, 3.8) is 0 Å². The van der Waals surface area contributed by atoms with Gasteiger partial charge < -0.3 is 4.74 Å². The molecule has 0 aromatic heterocycles. The Hall–Kier alpha value is -1.29. The van der Waals surface area contributed by atoms with E-state index in [4.69, 9.17) is 4.74 Å². The highest BCUT2D eigenvalue weighted by Crippen LogP contribution is 2.21. The fraction of sp³-hybridized carbons (Fsp3) is 0.533. The Morgan fingerprint density at radius 2 is 2.11 bits per heavy atom. The zero-order valence-electron chi connectivity index (χ0n) is 11.0. The SMILES string of the molecule is Cc1ccc(C(=O)CCC2CCCCO2)c(F)c1F. The molecule has 1 atom stereocenters. The van der Waals surface area contributed by atoms with Crippen molar-refractivity contribution in [2.45, 2.75) is 45.1 Å². The molecule has 1 aliphatic heterocycles. The van der Waals surface area contributed by atoms with Crippen molar-refractivity contribution in [2.24, 2.45) is 0 Å². The van der Waals surface area contributed by atoms with Crippen molar-refractivity contribution >= 4 is 5.78 Å². The van der Waals surface area contributed by atoms with E-state index < -0.39 is 11.6 Å². The highest BCUT2D eigenvalue weighted by atomic mass is 19.2. The summed E-state index contributed by atoms with van der Waals surface area (Å²) in [7, 11) is 0. The second kappa shape index (κ2) is 6.24. The standard InChI is InChI=1S/C15H18F2O2/c1-10-5-7-12(15(17)14(10)16)13(18)8-6-11-4-2-3-9-19-11/h5,7,11H,2-4,6,8-9H2,1H3. The summed E-state index contributed by atoms with van der Waals surface area (Å²) < 4.78 is 32.6. The van der Waals surface area contributed by atoms with E-state index in [-0.39, 0.29) is 29.4 Å². The smallest absolute Gasteiger partial charge is 0.169 e. The first-order valence-corrected chi connectivity index (χ1v) is 6.69. The molecule has 1 unspecified atom stereocenters. The average molecular weight is 268 g/mol. The monoisotopic (exact) mass is 268 g/mol. The maximum absolute atomic E-state index is 13.7. The zero-order chi connectivity index (χ0) is 13.8. The molecule has 0 bridgehead atoms. The molecule has 1 aromatic rings. The minimum Gasteiger partial charge on any atom is -0.378 e. The zero-order valence-corrected chi connectivity index (χ0v) is 11.0. The van der Waals surface area contributed by atoms with Crippen molar-refractivity contribution in [3.05, 3.63) is 34.9 Å². The van der Waals surface area contributed by atoms with Gasteiger partial charge in [0.2, 0.25) is 0 Å². The van der Waals surface area contributed by atoms with Crippen LogP contribution in [-0.4, -0.2) is 18.5 Å². The number of Topliss-reactive ketones (excluding diaryl/α,β-unsaturated/α-hetero) is 1. The molecule has 2 nitrogen and oxygen atoms in total. The molecular formula is C15H18F2O2. The van der Waals surface area contributed by atoms with Crippen molar-refractivity contribution < 1.29 is 18.3 Å². The van der Waals surface area contributed by atoms with Crippen LogP contribution in [0.3, 0.4) is 0 Å². The van der Waals surface area contributed by atoms with Crippen LogP contribution in [0.2, 0.25) is 0 Å². The van der Waals surface area contributed by atoms with Crippen molar-refractivity contribution in [1.29, 1.82) is 0 Å². The second-order valence-corrected chi connectivity index (χ2v) is 5.01. The molecule has 1 saturated heterocycles. The molecule has 1 heterocycles. The lowest BCUT2D eigenvalue weighted by molar-refractivity contribution is 0.0104. The van der Waals surface area contributed by atoms with Gasteiger partial charge in [-0.05, 0) is 44.2 Å². The molecule has 1 aromatic carbocycles. The van der Waals surface area contributed by atoms with Crippen LogP contribution in [0.4, 0.5) is 8.78 Å². The number of benzene rings is 1. The van der Waals surface area contributed by atoms with E-state index >= 15 is 0 Å². The summed E-state index contributed by atoms with van der Waals surface area (Å²) in [6.07, 6.45) is 3.96. The minimum absolute atomic E-state index is 0.0797. The topological polar surface area (TPSA) is 26.3 Å². The largest absolute Gasteiger partial charge is 0.378 e. The summed E-state index contributed by atoms with van der Waals surface area (Å²) >= 11 is 0. The van der Waals surface area contributed by atoms with Gasteiger partial charge in [-0.3, -0.25) is 4.79 Å². The Bertz CT molecular complexity index is 465. The molecule has 104 valence electrons. The van der Waals surface area contributed by atoms with Gasteiger partial charge in [-0.2, -0.15) is 0 Å². The number of carbonyl (C=O) groups is 1. The minimum atomic E-state index is -1.03. The van der Waals surface area contributed by atoms with Gasteiger partial charge in [0, 0.05) is 13.0 Å². The van der Waals surface area contributed by atoms with Gasteiger partial charge in [-0.25, -0.2) is 8.78 Å². The second-order valence-electron chi connectivity index (χ2n) is 5.01. The molecule has 2 rings (SSSR count). The van der Waals surface area contributed by atoms with Gasteiger partial charge >= 0.3 is 0 Å². The molecule has 0 N–H and O–H groups in total. The number of hydrogen-bond donors (Lipinski definition) is 0. The molecule has 0 aliphatic carbocycles. The van der Waals surface area contributed by atoms with Crippen LogP contribution in [0.1, 0.15) is 48.0 Å². The fourth-order valence-electron chi connectivity index (χ4n) is 2.32. The van der Waals surface area contributed by atoms with Crippen LogP contribution in [0, 0.1) is 18.6 Å². The van der Waals surface area contributed by atoms with Gasteiger partial charge in [-0.15, -0.1) is 0 Å². The molecule has 0 amide bonds. The maximum Gasteiger partial charge on any atom is 0.169 e. The molecule has 0 radical (unpaired) electrons. The number of ketones is 1. The molecule has 4 heteroatoms. The van der Waals surface area contributed by atoms with Crippen LogP contribution in [0.5, 0.6) is 0 Å². The van der Waals surface area contributed by atoms with Crippen LogP contribution < -0.4 is 0 Å². The average Bonchev–Trinajstić information content (AvgIpc) is 2.43. The van der Waals surface area contributed by atoms with Crippen LogP contribution in [-0.2, 0) is 4.74 Å². The van der Waals surface area contributed by atoms with E-state index in [0.717, 1.165) is 25.9 Å².